The van der Waals surface area contributed by atoms with Crippen LogP contribution in [-0.4, -0.2) is 18.7 Å². The SMILES string of the molecule is C=CC(C)(CNC1CC1)CC1Cc2ccccc2O1. The van der Waals surface area contributed by atoms with Crippen LogP contribution in [0.2, 0.25) is 0 Å². The molecule has 0 saturated heterocycles. The molecule has 1 aliphatic heterocycles. The van der Waals surface area contributed by atoms with Gasteiger partial charge in [-0.25, -0.2) is 0 Å². The highest BCUT2D eigenvalue weighted by atomic mass is 16.5. The monoisotopic (exact) mass is 257 g/mol. The molecule has 0 bridgehead atoms. The molecule has 1 aliphatic carbocycles. The Hall–Kier alpha value is -1.28. The molecule has 1 fully saturated rings. The predicted octanol–water partition coefficient (Wildman–Crippen LogP) is 3.32. The molecule has 0 aromatic heterocycles. The van der Waals surface area contributed by atoms with Crippen molar-refractivity contribution >= 4 is 0 Å². The molecular weight excluding hydrogens is 234 g/mol. The molecule has 2 unspecified atom stereocenters. The maximum atomic E-state index is 6.05. The fourth-order valence-electron chi connectivity index (χ4n) is 2.78. The van der Waals surface area contributed by atoms with Gasteiger partial charge in [-0.2, -0.15) is 0 Å². The van der Waals surface area contributed by atoms with E-state index in [1.807, 2.05) is 6.07 Å². The van der Waals surface area contributed by atoms with Crippen molar-refractivity contribution < 1.29 is 4.74 Å². The third-order valence-corrected chi connectivity index (χ3v) is 4.27. The lowest BCUT2D eigenvalue weighted by atomic mass is 9.83. The van der Waals surface area contributed by atoms with Crippen molar-refractivity contribution in [3.8, 4) is 5.75 Å². The molecule has 0 spiro atoms. The first-order valence-electron chi connectivity index (χ1n) is 7.30. The number of nitrogens with one attached hydrogen (secondary N) is 1. The molecule has 1 aromatic rings. The first kappa shape index (κ1) is 12.7. The maximum Gasteiger partial charge on any atom is 0.123 e. The predicted molar refractivity (Wildman–Crippen MR) is 78.5 cm³/mol. The van der Waals surface area contributed by atoms with Gasteiger partial charge in [-0.05, 0) is 30.9 Å². The maximum absolute atomic E-state index is 6.05. The third-order valence-electron chi connectivity index (χ3n) is 4.27. The van der Waals surface area contributed by atoms with Crippen molar-refractivity contribution in [2.24, 2.45) is 5.41 Å². The Balaban J connectivity index is 1.59. The quantitative estimate of drug-likeness (QED) is 0.789. The first-order valence-corrected chi connectivity index (χ1v) is 7.30. The van der Waals surface area contributed by atoms with Crippen LogP contribution in [0.15, 0.2) is 36.9 Å². The van der Waals surface area contributed by atoms with E-state index in [9.17, 15) is 0 Å². The van der Waals surface area contributed by atoms with Crippen LogP contribution in [-0.2, 0) is 6.42 Å². The lowest BCUT2D eigenvalue weighted by molar-refractivity contribution is 0.169. The van der Waals surface area contributed by atoms with Crippen molar-refractivity contribution in [3.05, 3.63) is 42.5 Å². The number of hydrogen-bond acceptors (Lipinski definition) is 2. The normalized spacial score (nSPS) is 24.4. The Morgan fingerprint density at radius 1 is 1.42 bits per heavy atom. The van der Waals surface area contributed by atoms with E-state index in [0.29, 0.717) is 6.10 Å². The molecule has 2 aliphatic rings. The number of ether oxygens (including phenoxy) is 1. The number of rotatable bonds is 6. The van der Waals surface area contributed by atoms with Crippen molar-refractivity contribution in [2.45, 2.75) is 44.8 Å². The van der Waals surface area contributed by atoms with E-state index in [4.69, 9.17) is 4.74 Å². The van der Waals surface area contributed by atoms with Crippen LogP contribution in [0.1, 0.15) is 31.7 Å². The summed E-state index contributed by atoms with van der Waals surface area (Å²) in [5.41, 5.74) is 1.46. The Labute approximate surface area is 115 Å². The molecule has 0 radical (unpaired) electrons. The summed E-state index contributed by atoms with van der Waals surface area (Å²) in [5, 5.41) is 3.62. The molecule has 19 heavy (non-hydrogen) atoms. The Kier molecular flexibility index (Phi) is 3.36. The summed E-state index contributed by atoms with van der Waals surface area (Å²) in [5.74, 6) is 1.06. The minimum atomic E-state index is 0.120. The summed E-state index contributed by atoms with van der Waals surface area (Å²) in [4.78, 5) is 0. The smallest absolute Gasteiger partial charge is 0.123 e. The molecule has 1 N–H and O–H groups in total. The summed E-state index contributed by atoms with van der Waals surface area (Å²) in [6.07, 6.45) is 7.11. The highest BCUT2D eigenvalue weighted by Gasteiger charge is 2.32. The molecule has 102 valence electrons. The molecule has 2 heteroatoms. The van der Waals surface area contributed by atoms with Gasteiger partial charge in [0.1, 0.15) is 11.9 Å². The number of para-hydroxylation sites is 1. The highest BCUT2D eigenvalue weighted by molar-refractivity contribution is 5.37. The fraction of sp³-hybridized carbons (Fsp3) is 0.529. The first-order chi connectivity index (χ1) is 9.18. The van der Waals surface area contributed by atoms with Crippen LogP contribution < -0.4 is 10.1 Å². The second kappa shape index (κ2) is 5.01. The zero-order valence-corrected chi connectivity index (χ0v) is 11.7. The van der Waals surface area contributed by atoms with Crippen molar-refractivity contribution in [2.75, 3.05) is 6.54 Å². The standard InChI is InChI=1S/C17H23NO/c1-3-17(2,12-18-14-8-9-14)11-15-10-13-6-4-5-7-16(13)19-15/h3-7,14-15,18H,1,8-12H2,2H3. The van der Waals surface area contributed by atoms with Gasteiger partial charge in [0.25, 0.3) is 0 Å². The Bertz CT molecular complexity index is 441. The molecule has 3 rings (SSSR count). The fourth-order valence-corrected chi connectivity index (χ4v) is 2.78. The number of hydrogen-bond donors (Lipinski definition) is 1. The van der Waals surface area contributed by atoms with Gasteiger partial charge >= 0.3 is 0 Å². The van der Waals surface area contributed by atoms with E-state index >= 15 is 0 Å². The zero-order chi connectivity index (χ0) is 13.3. The molecule has 1 aromatic carbocycles. The number of fused-ring (bicyclic) bond motifs is 1. The average molecular weight is 257 g/mol. The zero-order valence-electron chi connectivity index (χ0n) is 11.7. The largest absolute Gasteiger partial charge is 0.490 e. The van der Waals surface area contributed by atoms with Crippen molar-refractivity contribution in [1.29, 1.82) is 0 Å². The van der Waals surface area contributed by atoms with Gasteiger partial charge in [0.05, 0.1) is 0 Å². The Morgan fingerprint density at radius 2 is 2.21 bits per heavy atom. The summed E-state index contributed by atoms with van der Waals surface area (Å²) < 4.78 is 6.05. The van der Waals surface area contributed by atoms with Gasteiger partial charge in [-0.3, -0.25) is 0 Å². The average Bonchev–Trinajstić information content (AvgIpc) is 3.16. The molecular formula is C17H23NO. The van der Waals surface area contributed by atoms with Gasteiger partial charge in [-0.15, -0.1) is 6.58 Å². The van der Waals surface area contributed by atoms with E-state index in [-0.39, 0.29) is 5.41 Å². The summed E-state index contributed by atoms with van der Waals surface area (Å²) in [6, 6.07) is 9.13. The second-order valence-electron chi connectivity index (χ2n) is 6.27. The highest BCUT2D eigenvalue weighted by Crippen LogP contribution is 2.35. The van der Waals surface area contributed by atoms with E-state index in [0.717, 1.165) is 31.2 Å². The molecule has 1 saturated carbocycles. The molecule has 2 nitrogen and oxygen atoms in total. The van der Waals surface area contributed by atoms with Gasteiger partial charge < -0.3 is 10.1 Å². The van der Waals surface area contributed by atoms with E-state index in [1.165, 1.54) is 18.4 Å². The molecule has 0 amide bonds. The van der Waals surface area contributed by atoms with E-state index in [2.05, 4.69) is 43.1 Å². The Morgan fingerprint density at radius 3 is 2.89 bits per heavy atom. The lowest BCUT2D eigenvalue weighted by Crippen LogP contribution is -2.35. The van der Waals surface area contributed by atoms with Gasteiger partial charge in [0.15, 0.2) is 0 Å². The summed E-state index contributed by atoms with van der Waals surface area (Å²) in [6.45, 7) is 7.32. The van der Waals surface area contributed by atoms with Crippen LogP contribution in [0, 0.1) is 5.41 Å². The summed E-state index contributed by atoms with van der Waals surface area (Å²) >= 11 is 0. The second-order valence-corrected chi connectivity index (χ2v) is 6.27. The topological polar surface area (TPSA) is 21.3 Å². The van der Waals surface area contributed by atoms with Crippen LogP contribution in [0.4, 0.5) is 0 Å². The van der Waals surface area contributed by atoms with Crippen LogP contribution in [0.5, 0.6) is 5.75 Å². The van der Waals surface area contributed by atoms with Crippen LogP contribution >= 0.6 is 0 Å². The van der Waals surface area contributed by atoms with E-state index < -0.39 is 0 Å². The van der Waals surface area contributed by atoms with Gasteiger partial charge in [0.2, 0.25) is 0 Å². The minimum absolute atomic E-state index is 0.120. The van der Waals surface area contributed by atoms with Gasteiger partial charge in [-0.1, -0.05) is 31.2 Å². The third kappa shape index (κ3) is 3.01. The van der Waals surface area contributed by atoms with Crippen molar-refractivity contribution in [3.63, 3.8) is 0 Å². The summed E-state index contributed by atoms with van der Waals surface area (Å²) in [7, 11) is 0. The molecule has 2 atom stereocenters. The molecule has 1 heterocycles. The van der Waals surface area contributed by atoms with Gasteiger partial charge in [0, 0.05) is 24.4 Å². The van der Waals surface area contributed by atoms with Crippen LogP contribution in [0.25, 0.3) is 0 Å². The van der Waals surface area contributed by atoms with E-state index in [1.54, 1.807) is 0 Å². The van der Waals surface area contributed by atoms with Crippen LogP contribution in [0.3, 0.4) is 0 Å². The number of benzene rings is 1. The lowest BCUT2D eigenvalue weighted by Gasteiger charge is -2.29. The van der Waals surface area contributed by atoms with Crippen molar-refractivity contribution in [1.82, 2.24) is 5.32 Å². The minimum Gasteiger partial charge on any atom is -0.490 e.